The molecule has 0 bridgehead atoms. The van der Waals surface area contributed by atoms with Crippen LogP contribution in [0.2, 0.25) is 0 Å². The summed E-state index contributed by atoms with van der Waals surface area (Å²) in [6.45, 7) is 13.3. The van der Waals surface area contributed by atoms with Crippen LogP contribution in [-0.4, -0.2) is 50.9 Å². The molecule has 0 aliphatic rings. The number of hydrogen-bond donors (Lipinski definition) is 4. The Labute approximate surface area is 250 Å². The molecule has 3 rings (SSSR count). The number of aliphatic hydroxyl groups excluding tert-OH is 1. The second kappa shape index (κ2) is 15.0. The van der Waals surface area contributed by atoms with Crippen LogP contribution in [-0.2, 0) is 22.4 Å². The number of aromatic amines is 1. The topological polar surface area (TPSA) is 116 Å². The molecule has 4 atom stereocenters. The van der Waals surface area contributed by atoms with E-state index in [1.54, 1.807) is 20.8 Å². The van der Waals surface area contributed by atoms with Crippen LogP contribution in [0.5, 0.6) is 0 Å². The van der Waals surface area contributed by atoms with Crippen molar-refractivity contribution >= 4 is 12.0 Å². The lowest BCUT2D eigenvalue weighted by Gasteiger charge is -2.30. The SMILES string of the molecule is CC(C)c1cnc([C@H](Cc2ccccc2)C[C@H](O)[C@H](Cc2ccccc2)NC(=O)[C@@H](NC(=O)OC(C)(C)C)C(C)C)[nH]1. The zero-order valence-electron chi connectivity index (χ0n) is 26.1. The second-order valence-electron chi connectivity index (χ2n) is 12.7. The quantitative estimate of drug-likeness (QED) is 0.203. The van der Waals surface area contributed by atoms with Gasteiger partial charge in [-0.25, -0.2) is 9.78 Å². The number of imidazole rings is 1. The number of amides is 2. The molecule has 42 heavy (non-hydrogen) atoms. The standard InChI is InChI=1S/C34H48N4O4/c1-22(2)28-21-35-31(36-28)26(18-24-14-10-8-11-15-24)20-29(39)27(19-25-16-12-9-13-17-25)37-32(40)30(23(3)4)38-33(41)42-34(5,6)7/h8-17,21-23,26-27,29-30,39H,18-20H2,1-7H3,(H,35,36)(H,37,40)(H,38,41)/t26-,27+,29+,30+/m1/s1. The van der Waals surface area contributed by atoms with Crippen LogP contribution in [0.15, 0.2) is 66.9 Å². The molecule has 1 heterocycles. The molecule has 2 amide bonds. The number of ether oxygens (including phenoxy) is 1. The molecule has 0 aliphatic heterocycles. The van der Waals surface area contributed by atoms with E-state index in [4.69, 9.17) is 4.74 Å². The minimum absolute atomic E-state index is 0.106. The molecule has 4 N–H and O–H groups in total. The Morgan fingerprint density at radius 3 is 1.98 bits per heavy atom. The van der Waals surface area contributed by atoms with Crippen LogP contribution in [0.3, 0.4) is 0 Å². The Morgan fingerprint density at radius 1 is 0.905 bits per heavy atom. The van der Waals surface area contributed by atoms with Crippen molar-refractivity contribution in [3.8, 4) is 0 Å². The summed E-state index contributed by atoms with van der Waals surface area (Å²) in [5.41, 5.74) is 2.48. The van der Waals surface area contributed by atoms with Crippen LogP contribution in [0.4, 0.5) is 4.79 Å². The number of hydrogen-bond acceptors (Lipinski definition) is 5. The molecule has 0 spiro atoms. The van der Waals surface area contributed by atoms with Crippen molar-refractivity contribution in [2.24, 2.45) is 5.92 Å². The lowest BCUT2D eigenvalue weighted by Crippen LogP contribution is -2.55. The van der Waals surface area contributed by atoms with Crippen molar-refractivity contribution in [2.45, 2.75) is 103 Å². The molecule has 0 fully saturated rings. The number of carbonyl (C=O) groups excluding carboxylic acids is 2. The van der Waals surface area contributed by atoms with Gasteiger partial charge in [0.1, 0.15) is 17.5 Å². The van der Waals surface area contributed by atoms with Gasteiger partial charge in [-0.15, -0.1) is 0 Å². The van der Waals surface area contributed by atoms with Crippen molar-refractivity contribution in [1.29, 1.82) is 0 Å². The van der Waals surface area contributed by atoms with Gasteiger partial charge < -0.3 is 25.5 Å². The van der Waals surface area contributed by atoms with Crippen LogP contribution < -0.4 is 10.6 Å². The average Bonchev–Trinajstić information content (AvgIpc) is 3.42. The molecule has 0 saturated carbocycles. The Balaban J connectivity index is 1.86. The van der Waals surface area contributed by atoms with Gasteiger partial charge >= 0.3 is 6.09 Å². The van der Waals surface area contributed by atoms with Gasteiger partial charge in [0.15, 0.2) is 0 Å². The van der Waals surface area contributed by atoms with Crippen molar-refractivity contribution in [3.63, 3.8) is 0 Å². The molecule has 8 heteroatoms. The molecule has 228 valence electrons. The average molecular weight is 577 g/mol. The van der Waals surface area contributed by atoms with Gasteiger partial charge in [-0.2, -0.15) is 0 Å². The number of nitrogens with one attached hydrogen (secondary N) is 3. The molecule has 8 nitrogen and oxygen atoms in total. The summed E-state index contributed by atoms with van der Waals surface area (Å²) in [6, 6.07) is 18.5. The highest BCUT2D eigenvalue weighted by Gasteiger charge is 2.32. The third kappa shape index (κ3) is 10.3. The van der Waals surface area contributed by atoms with Gasteiger partial charge in [-0.1, -0.05) is 88.4 Å². The number of aliphatic hydroxyl groups is 1. The summed E-state index contributed by atoms with van der Waals surface area (Å²) < 4.78 is 5.40. The first-order valence-corrected chi connectivity index (χ1v) is 14.9. The molecule has 3 aromatic rings. The van der Waals surface area contributed by atoms with E-state index < -0.39 is 29.9 Å². The van der Waals surface area contributed by atoms with Crippen LogP contribution >= 0.6 is 0 Å². The van der Waals surface area contributed by atoms with E-state index >= 15 is 0 Å². The Morgan fingerprint density at radius 2 is 1.48 bits per heavy atom. The zero-order valence-corrected chi connectivity index (χ0v) is 26.1. The fourth-order valence-electron chi connectivity index (χ4n) is 4.89. The smallest absolute Gasteiger partial charge is 0.408 e. The Kier molecular flexibility index (Phi) is 11.7. The number of alkyl carbamates (subject to hydrolysis) is 1. The summed E-state index contributed by atoms with van der Waals surface area (Å²) in [5.74, 6) is 0.444. The van der Waals surface area contributed by atoms with E-state index in [-0.39, 0.29) is 17.7 Å². The summed E-state index contributed by atoms with van der Waals surface area (Å²) in [4.78, 5) is 34.3. The van der Waals surface area contributed by atoms with Gasteiger partial charge in [0.2, 0.25) is 5.91 Å². The zero-order chi connectivity index (χ0) is 30.9. The van der Waals surface area contributed by atoms with Crippen LogP contribution in [0.1, 0.15) is 89.4 Å². The molecule has 1 aromatic heterocycles. The molecular weight excluding hydrogens is 528 g/mol. The minimum atomic E-state index is -0.884. The van der Waals surface area contributed by atoms with Crippen molar-refractivity contribution in [1.82, 2.24) is 20.6 Å². The number of H-pyrrole nitrogens is 1. The predicted octanol–water partition coefficient (Wildman–Crippen LogP) is 5.89. The normalized spacial score (nSPS) is 14.7. The van der Waals surface area contributed by atoms with E-state index in [2.05, 4.69) is 46.6 Å². The van der Waals surface area contributed by atoms with Crippen molar-refractivity contribution in [2.75, 3.05) is 0 Å². The summed E-state index contributed by atoms with van der Waals surface area (Å²) >= 11 is 0. The molecular formula is C34H48N4O4. The van der Waals surface area contributed by atoms with E-state index in [9.17, 15) is 14.7 Å². The Bertz CT molecular complexity index is 1250. The summed E-state index contributed by atoms with van der Waals surface area (Å²) in [6.07, 6.45) is 1.82. The second-order valence-corrected chi connectivity index (χ2v) is 12.7. The molecule has 2 aromatic carbocycles. The van der Waals surface area contributed by atoms with E-state index in [0.717, 1.165) is 22.6 Å². The minimum Gasteiger partial charge on any atom is -0.444 e. The lowest BCUT2D eigenvalue weighted by atomic mass is 9.88. The van der Waals surface area contributed by atoms with E-state index in [1.807, 2.05) is 68.6 Å². The highest BCUT2D eigenvalue weighted by molar-refractivity contribution is 5.86. The lowest BCUT2D eigenvalue weighted by molar-refractivity contribution is -0.125. The van der Waals surface area contributed by atoms with Crippen molar-refractivity contribution < 1.29 is 19.4 Å². The number of nitrogens with zero attached hydrogens (tertiary/aromatic N) is 1. The van der Waals surface area contributed by atoms with E-state index in [1.165, 1.54) is 0 Å². The van der Waals surface area contributed by atoms with Gasteiger partial charge in [-0.3, -0.25) is 4.79 Å². The fraction of sp³-hybridized carbons (Fsp3) is 0.500. The number of carbonyl (C=O) groups is 2. The van der Waals surface area contributed by atoms with Gasteiger partial charge in [0.25, 0.3) is 0 Å². The summed E-state index contributed by atoms with van der Waals surface area (Å²) in [7, 11) is 0. The molecule has 0 radical (unpaired) electrons. The maximum atomic E-state index is 13.6. The Hall–Kier alpha value is -3.65. The molecule has 0 aliphatic carbocycles. The largest absolute Gasteiger partial charge is 0.444 e. The predicted molar refractivity (Wildman–Crippen MR) is 166 cm³/mol. The van der Waals surface area contributed by atoms with Crippen LogP contribution in [0, 0.1) is 5.92 Å². The highest BCUT2D eigenvalue weighted by atomic mass is 16.6. The summed E-state index contributed by atoms with van der Waals surface area (Å²) in [5, 5.41) is 17.5. The number of rotatable bonds is 13. The first-order valence-electron chi connectivity index (χ1n) is 14.9. The molecule has 0 saturated heterocycles. The molecule has 0 unspecified atom stereocenters. The third-order valence-corrected chi connectivity index (χ3v) is 7.19. The van der Waals surface area contributed by atoms with E-state index in [0.29, 0.717) is 25.2 Å². The van der Waals surface area contributed by atoms with Gasteiger partial charge in [0.05, 0.1) is 12.1 Å². The van der Waals surface area contributed by atoms with Gasteiger partial charge in [0, 0.05) is 17.8 Å². The third-order valence-electron chi connectivity index (χ3n) is 7.19. The number of aromatic nitrogens is 2. The highest BCUT2D eigenvalue weighted by Crippen LogP contribution is 2.27. The maximum Gasteiger partial charge on any atom is 0.408 e. The maximum absolute atomic E-state index is 13.6. The van der Waals surface area contributed by atoms with Crippen LogP contribution in [0.25, 0.3) is 0 Å². The first kappa shape index (κ1) is 32.9. The van der Waals surface area contributed by atoms with Gasteiger partial charge in [-0.05, 0) is 63.0 Å². The fourth-order valence-corrected chi connectivity index (χ4v) is 4.89. The first-order chi connectivity index (χ1) is 19.8. The van der Waals surface area contributed by atoms with Crippen molar-refractivity contribution in [3.05, 3.63) is 89.5 Å². The number of benzene rings is 2. The monoisotopic (exact) mass is 576 g/mol.